The first-order chi connectivity index (χ1) is 9.23. The van der Waals surface area contributed by atoms with E-state index >= 15 is 0 Å². The Morgan fingerprint density at radius 2 is 1.38 bits per heavy atom. The number of carbonyl (C=O) groups is 5. The van der Waals surface area contributed by atoms with E-state index in [1.165, 1.54) is 6.92 Å². The van der Waals surface area contributed by atoms with Crippen LogP contribution < -0.4 is 50.6 Å². The predicted octanol–water partition coefficient (Wildman–Crippen LogP) is -7.02. The van der Waals surface area contributed by atoms with Gasteiger partial charge in [0.2, 0.25) is 17.7 Å². The van der Waals surface area contributed by atoms with Crippen molar-refractivity contribution in [1.29, 1.82) is 0 Å². The second kappa shape index (κ2) is 11.5. The predicted molar refractivity (Wildman–Crippen MR) is 67.5 cm³/mol. The smallest absolute Gasteiger partial charge is 0.548 e. The van der Waals surface area contributed by atoms with E-state index in [1.807, 2.05) is 5.32 Å². The summed E-state index contributed by atoms with van der Waals surface area (Å²) in [6.45, 7) is -0.361. The molecule has 0 aromatic heterocycles. The summed E-state index contributed by atoms with van der Waals surface area (Å²) in [5, 5.41) is 15.2. The van der Waals surface area contributed by atoms with Crippen LogP contribution in [-0.2, 0) is 24.0 Å². The summed E-state index contributed by atoms with van der Waals surface area (Å²) in [7, 11) is 0. The molecule has 0 fully saturated rings. The number of nitrogens with one attached hydrogen (secondary N) is 3. The number of carboxylic acids is 1. The number of hydrogen-bond donors (Lipinski definition) is 4. The Balaban J connectivity index is 0. The van der Waals surface area contributed by atoms with Crippen molar-refractivity contribution in [2.24, 2.45) is 0 Å². The third-order valence-electron chi connectivity index (χ3n) is 1.93. The first-order valence-electron chi connectivity index (χ1n) is 5.43. The Morgan fingerprint density at radius 1 is 0.952 bits per heavy atom. The van der Waals surface area contributed by atoms with E-state index in [-0.39, 0.29) is 29.6 Å². The minimum Gasteiger partial charge on any atom is -0.548 e. The number of Topliss-reactive ketones (excluding diaryl/α,β-unsaturated/α-hetero) is 1. The van der Waals surface area contributed by atoms with Crippen molar-refractivity contribution in [2.75, 3.05) is 19.6 Å². The average molecular weight is 327 g/mol. The van der Waals surface area contributed by atoms with E-state index in [2.05, 4.69) is 23.3 Å². The largest absolute Gasteiger partial charge is 1.00 e. The average Bonchev–Trinajstić information content (AvgIpc) is 2.38. The van der Waals surface area contributed by atoms with Crippen molar-refractivity contribution in [3.8, 4) is 0 Å². The van der Waals surface area contributed by atoms with Gasteiger partial charge in [0.15, 0.2) is 5.78 Å². The molecule has 0 bridgehead atoms. The standard InChI is InChI=1S/C10H15N3O6S.Na/c1-5(14)9(20)10(19)13-3-7(16)11-2-6(15)12-4-8(17)18;/h9,20H,2-4H2,1H3,(H,11,16)(H,12,15)(H,13,19)(H,17,18);/q;+1/p-1. The maximum Gasteiger partial charge on any atom is 1.00 e. The summed E-state index contributed by atoms with van der Waals surface area (Å²) in [4.78, 5) is 54.4. The third-order valence-corrected chi connectivity index (χ3v) is 2.53. The van der Waals surface area contributed by atoms with Gasteiger partial charge in [-0.3, -0.25) is 19.2 Å². The number of amides is 3. The molecule has 1 unspecified atom stereocenters. The first kappa shape index (κ1) is 22.2. The summed E-state index contributed by atoms with van der Waals surface area (Å²) >= 11 is 3.74. The molecule has 0 aliphatic rings. The van der Waals surface area contributed by atoms with Gasteiger partial charge in [-0.15, -0.1) is 0 Å². The number of carboxylic acid groups (broad SMARTS) is 1. The molecule has 0 saturated heterocycles. The van der Waals surface area contributed by atoms with Crippen molar-refractivity contribution in [1.82, 2.24) is 16.0 Å². The summed E-state index contributed by atoms with van der Waals surface area (Å²) in [6.07, 6.45) is 0. The SMILES string of the molecule is CC(=O)C(S)C(=O)NCC(=O)NCC(=O)NCC(=O)[O-].[Na+]. The van der Waals surface area contributed by atoms with Gasteiger partial charge in [0.1, 0.15) is 5.25 Å². The van der Waals surface area contributed by atoms with Crippen molar-refractivity contribution in [3.63, 3.8) is 0 Å². The Hall–Kier alpha value is -1.10. The monoisotopic (exact) mass is 327 g/mol. The number of aliphatic carboxylic acids is 1. The van der Waals surface area contributed by atoms with Crippen LogP contribution in [0.5, 0.6) is 0 Å². The fourth-order valence-corrected chi connectivity index (χ4v) is 1.01. The molecule has 0 rings (SSSR count). The molecule has 0 aliphatic carbocycles. The molecule has 21 heavy (non-hydrogen) atoms. The molecule has 112 valence electrons. The molecule has 0 radical (unpaired) electrons. The van der Waals surface area contributed by atoms with E-state index in [1.54, 1.807) is 0 Å². The van der Waals surface area contributed by atoms with Crippen LogP contribution in [0.25, 0.3) is 0 Å². The molecule has 0 saturated carbocycles. The molecule has 0 heterocycles. The van der Waals surface area contributed by atoms with Crippen molar-refractivity contribution in [3.05, 3.63) is 0 Å². The van der Waals surface area contributed by atoms with Gasteiger partial charge in [0, 0.05) is 0 Å². The Bertz CT molecular complexity index is 431. The van der Waals surface area contributed by atoms with E-state index < -0.39 is 54.4 Å². The van der Waals surface area contributed by atoms with Gasteiger partial charge < -0.3 is 25.9 Å². The van der Waals surface area contributed by atoms with Gasteiger partial charge in [0.25, 0.3) is 0 Å². The van der Waals surface area contributed by atoms with Gasteiger partial charge in [-0.1, -0.05) is 0 Å². The van der Waals surface area contributed by atoms with Gasteiger partial charge in [-0.25, -0.2) is 0 Å². The Morgan fingerprint density at radius 3 is 1.81 bits per heavy atom. The van der Waals surface area contributed by atoms with Crippen LogP contribution >= 0.6 is 12.6 Å². The quantitative estimate of drug-likeness (QED) is 0.198. The van der Waals surface area contributed by atoms with Crippen molar-refractivity contribution in [2.45, 2.75) is 12.2 Å². The molecule has 3 N–H and O–H groups in total. The molecular weight excluding hydrogens is 313 g/mol. The molecular formula is C10H14N3NaO6S. The summed E-state index contributed by atoms with van der Waals surface area (Å²) in [5.41, 5.74) is 0. The maximum atomic E-state index is 11.3. The van der Waals surface area contributed by atoms with Gasteiger partial charge in [-0.2, -0.15) is 12.6 Å². The van der Waals surface area contributed by atoms with Crippen LogP contribution in [0.15, 0.2) is 0 Å². The van der Waals surface area contributed by atoms with Crippen LogP contribution in [0.3, 0.4) is 0 Å². The zero-order valence-electron chi connectivity index (χ0n) is 11.6. The molecule has 0 spiro atoms. The van der Waals surface area contributed by atoms with Gasteiger partial charge in [0.05, 0.1) is 25.6 Å². The minimum atomic E-state index is -1.46. The van der Waals surface area contributed by atoms with Crippen molar-refractivity contribution < 1.29 is 58.6 Å². The molecule has 0 aliphatic heterocycles. The Kier molecular flexibility index (Phi) is 12.2. The maximum absolute atomic E-state index is 11.3. The molecule has 1 atom stereocenters. The van der Waals surface area contributed by atoms with Crippen molar-refractivity contribution >= 4 is 42.1 Å². The van der Waals surface area contributed by atoms with E-state index in [9.17, 15) is 29.1 Å². The molecule has 0 aromatic rings. The van der Waals surface area contributed by atoms with Crippen LogP contribution in [0.4, 0.5) is 0 Å². The zero-order chi connectivity index (χ0) is 15.7. The molecule has 11 heteroatoms. The first-order valence-corrected chi connectivity index (χ1v) is 5.95. The number of thiol groups is 1. The van der Waals surface area contributed by atoms with Gasteiger partial charge in [-0.05, 0) is 6.92 Å². The molecule has 0 aromatic carbocycles. The topological polar surface area (TPSA) is 144 Å². The van der Waals surface area contributed by atoms with Crippen LogP contribution in [0.2, 0.25) is 0 Å². The number of rotatable bonds is 8. The zero-order valence-corrected chi connectivity index (χ0v) is 14.5. The molecule has 9 nitrogen and oxygen atoms in total. The van der Waals surface area contributed by atoms with E-state index in [4.69, 9.17) is 0 Å². The second-order valence-electron chi connectivity index (χ2n) is 3.66. The summed E-state index contributed by atoms with van der Waals surface area (Å²) < 4.78 is 0. The third kappa shape index (κ3) is 11.3. The second-order valence-corrected chi connectivity index (χ2v) is 4.17. The normalized spacial score (nSPS) is 10.6. The van der Waals surface area contributed by atoms with Crippen LogP contribution in [0, 0.1) is 0 Å². The fraction of sp³-hybridized carbons (Fsp3) is 0.500. The van der Waals surface area contributed by atoms with E-state index in [0.717, 1.165) is 0 Å². The fourth-order valence-electron chi connectivity index (χ4n) is 0.923. The summed E-state index contributed by atoms with van der Waals surface area (Å²) in [5.74, 6) is -4.04. The van der Waals surface area contributed by atoms with Crippen LogP contribution in [0.1, 0.15) is 6.92 Å². The minimum absolute atomic E-state index is 0. The Labute approximate surface area is 148 Å². The summed E-state index contributed by atoms with van der Waals surface area (Å²) in [6, 6.07) is 0. The molecule has 3 amide bonds. The van der Waals surface area contributed by atoms with Gasteiger partial charge >= 0.3 is 29.6 Å². The number of carbonyl (C=O) groups excluding carboxylic acids is 5. The number of hydrogen-bond acceptors (Lipinski definition) is 7. The van der Waals surface area contributed by atoms with E-state index in [0.29, 0.717) is 0 Å². The number of ketones is 1. The van der Waals surface area contributed by atoms with Crippen LogP contribution in [-0.4, -0.2) is 54.4 Å².